The maximum absolute atomic E-state index is 14.2. The second-order valence-corrected chi connectivity index (χ2v) is 16.3. The number of halogens is 2. The molecule has 11 heteroatoms. The molecule has 1 aromatic heterocycles. The molecule has 3 atom stereocenters. The molecular formula is C41H45Cl2N3O5S. The van der Waals surface area contributed by atoms with Crippen LogP contribution < -0.4 is 5.32 Å². The maximum Gasteiger partial charge on any atom is 0.306 e. The summed E-state index contributed by atoms with van der Waals surface area (Å²) < 4.78 is 7.47. The van der Waals surface area contributed by atoms with E-state index >= 15 is 0 Å². The zero-order valence-electron chi connectivity index (χ0n) is 29.1. The van der Waals surface area contributed by atoms with E-state index in [1.807, 2.05) is 35.7 Å². The van der Waals surface area contributed by atoms with Gasteiger partial charge in [-0.2, -0.15) is 0 Å². The Morgan fingerprint density at radius 1 is 0.885 bits per heavy atom. The molecule has 2 saturated carbocycles. The second kappa shape index (κ2) is 16.8. The number of nitrogens with zero attached hydrogens (tertiary/aromatic N) is 2. The Bertz CT molecular complexity index is 1890. The summed E-state index contributed by atoms with van der Waals surface area (Å²) in [5.41, 5.74) is 2.94. The van der Waals surface area contributed by atoms with Crippen LogP contribution in [0.4, 0.5) is 5.69 Å². The molecule has 52 heavy (non-hydrogen) atoms. The summed E-state index contributed by atoms with van der Waals surface area (Å²) in [6.45, 7) is 5.31. The van der Waals surface area contributed by atoms with Crippen LogP contribution in [0, 0.1) is 17.8 Å². The van der Waals surface area contributed by atoms with Gasteiger partial charge in [-0.3, -0.25) is 24.2 Å². The van der Waals surface area contributed by atoms with Gasteiger partial charge in [0.2, 0.25) is 0 Å². The molecule has 1 amide bonds. The molecule has 8 nitrogen and oxygen atoms in total. The largest absolute Gasteiger partial charge is 0.481 e. The molecular weight excluding hydrogens is 717 g/mol. The van der Waals surface area contributed by atoms with E-state index in [1.54, 1.807) is 12.1 Å². The highest BCUT2D eigenvalue weighted by Gasteiger charge is 2.42. The second-order valence-electron chi connectivity index (χ2n) is 14.6. The number of benzene rings is 3. The third-order valence-corrected chi connectivity index (χ3v) is 12.9. The molecule has 4 aromatic rings. The van der Waals surface area contributed by atoms with Crippen LogP contribution in [-0.4, -0.2) is 77.5 Å². The fourth-order valence-corrected chi connectivity index (χ4v) is 9.72. The van der Waals surface area contributed by atoms with E-state index in [9.17, 15) is 19.5 Å². The van der Waals surface area contributed by atoms with Gasteiger partial charge < -0.3 is 15.2 Å². The van der Waals surface area contributed by atoms with E-state index in [0.717, 1.165) is 68.5 Å². The lowest BCUT2D eigenvalue weighted by Crippen LogP contribution is -2.49. The van der Waals surface area contributed by atoms with Crippen molar-refractivity contribution in [2.24, 2.45) is 17.8 Å². The summed E-state index contributed by atoms with van der Waals surface area (Å²) in [6.07, 6.45) is 4.54. The van der Waals surface area contributed by atoms with Crippen LogP contribution in [-0.2, 0) is 27.3 Å². The highest BCUT2D eigenvalue weighted by molar-refractivity contribution is 7.17. The minimum absolute atomic E-state index is 0.0232. The molecule has 274 valence electrons. The molecule has 0 radical (unpaired) electrons. The van der Waals surface area contributed by atoms with Crippen molar-refractivity contribution >= 4 is 68.0 Å². The zero-order valence-corrected chi connectivity index (χ0v) is 31.5. The first-order valence-electron chi connectivity index (χ1n) is 18.3. The zero-order chi connectivity index (χ0) is 36.2. The molecule has 1 aliphatic heterocycles. The standard InChI is InChI=1S/C41H45Cl2N3O5S/c42-35-22-37(44-40(48)34-25-52-39-9-5-4-8-32(34)39)36(43)19-28(35)20-38(47)33-21-30(18-29(33)24-51-31-12-10-27(11-13-31)41(49)50)46-16-14-45(15-17-46)23-26-6-2-1-3-7-26/h1-9,19,22,25,27,29-31,33H,10-18,20-21,23-24H2,(H,44,48)(H,49,50)/t27-,29-,30-,31-,33?/m0/s1. The van der Waals surface area contributed by atoms with E-state index < -0.39 is 5.97 Å². The van der Waals surface area contributed by atoms with Crippen LogP contribution in [0.15, 0.2) is 72.1 Å². The lowest BCUT2D eigenvalue weighted by Gasteiger charge is -2.38. The number of carbonyl (C=O) groups excluding carboxylic acids is 2. The van der Waals surface area contributed by atoms with Gasteiger partial charge in [0.1, 0.15) is 5.78 Å². The number of carboxylic acid groups (broad SMARTS) is 1. The Balaban J connectivity index is 1.01. The Kier molecular flexibility index (Phi) is 12.0. The Morgan fingerprint density at radius 3 is 2.37 bits per heavy atom. The number of carboxylic acids is 1. The van der Waals surface area contributed by atoms with Gasteiger partial charge in [-0.25, -0.2) is 0 Å². The van der Waals surface area contributed by atoms with Crippen molar-refractivity contribution in [1.29, 1.82) is 0 Å². The van der Waals surface area contributed by atoms with E-state index in [1.165, 1.54) is 16.9 Å². The first-order valence-corrected chi connectivity index (χ1v) is 20.0. The molecule has 2 heterocycles. The molecule has 2 aliphatic carbocycles. The van der Waals surface area contributed by atoms with Gasteiger partial charge in [0.15, 0.2) is 0 Å². The Labute approximate surface area is 319 Å². The van der Waals surface area contributed by atoms with Crippen LogP contribution in [0.3, 0.4) is 0 Å². The molecule has 2 N–H and O–H groups in total. The highest BCUT2D eigenvalue weighted by Crippen LogP contribution is 2.39. The average molecular weight is 763 g/mol. The third kappa shape index (κ3) is 8.73. The number of hydrogen-bond acceptors (Lipinski definition) is 7. The number of aliphatic carboxylic acids is 1. The quantitative estimate of drug-likeness (QED) is 0.150. The number of carbonyl (C=O) groups is 3. The summed E-state index contributed by atoms with van der Waals surface area (Å²) in [7, 11) is 0. The Morgan fingerprint density at radius 2 is 1.62 bits per heavy atom. The van der Waals surface area contributed by atoms with E-state index in [2.05, 4.69) is 39.4 Å². The fraction of sp³-hybridized carbons (Fsp3) is 0.439. The maximum atomic E-state index is 14.2. The molecule has 3 aliphatic rings. The Hall–Kier alpha value is -3.31. The van der Waals surface area contributed by atoms with E-state index in [-0.39, 0.29) is 48.0 Å². The van der Waals surface area contributed by atoms with Gasteiger partial charge in [-0.1, -0.05) is 71.7 Å². The topological polar surface area (TPSA) is 99.2 Å². The molecule has 7 rings (SSSR count). The summed E-state index contributed by atoms with van der Waals surface area (Å²) in [6, 6.07) is 22.0. The van der Waals surface area contributed by atoms with Crippen LogP contribution in [0.5, 0.6) is 0 Å². The van der Waals surface area contributed by atoms with Gasteiger partial charge in [-0.15, -0.1) is 11.3 Å². The lowest BCUT2D eigenvalue weighted by atomic mass is 9.87. The molecule has 3 fully saturated rings. The van der Waals surface area contributed by atoms with Crippen molar-refractivity contribution in [2.45, 2.75) is 63.6 Å². The number of amides is 1. The normalized spacial score (nSPS) is 24.2. The highest BCUT2D eigenvalue weighted by atomic mass is 35.5. The fourth-order valence-electron chi connectivity index (χ4n) is 8.32. The number of ether oxygens (including phenoxy) is 1. The van der Waals surface area contributed by atoms with Crippen LogP contribution in [0.25, 0.3) is 10.1 Å². The van der Waals surface area contributed by atoms with Crippen LogP contribution in [0.1, 0.15) is 60.0 Å². The molecule has 0 bridgehead atoms. The van der Waals surface area contributed by atoms with Gasteiger partial charge in [0, 0.05) is 71.6 Å². The average Bonchev–Trinajstić information content (AvgIpc) is 3.79. The summed E-state index contributed by atoms with van der Waals surface area (Å²) in [5.74, 6) is -1.30. The minimum atomic E-state index is -0.725. The van der Waals surface area contributed by atoms with Crippen molar-refractivity contribution < 1.29 is 24.2 Å². The first-order chi connectivity index (χ1) is 25.2. The number of thiophene rings is 1. The SMILES string of the molecule is O=C(Nc1cc(Cl)c(CC(=O)C2C[C@@H](N3CCN(Cc4ccccc4)CC3)C[C@H]2CO[C@H]2CC[C@H](C(=O)O)CC2)cc1Cl)c1csc2ccccc12. The van der Waals surface area contributed by atoms with Crippen molar-refractivity contribution in [1.82, 2.24) is 9.80 Å². The molecule has 3 aromatic carbocycles. The third-order valence-electron chi connectivity index (χ3n) is 11.3. The van der Waals surface area contributed by atoms with Crippen LogP contribution >= 0.6 is 34.5 Å². The number of nitrogens with one attached hydrogen (secondary N) is 1. The van der Waals surface area contributed by atoms with Crippen LogP contribution in [0.2, 0.25) is 10.0 Å². The van der Waals surface area contributed by atoms with Crippen molar-refractivity contribution in [2.75, 3.05) is 38.1 Å². The van der Waals surface area contributed by atoms with Gasteiger partial charge in [-0.05, 0) is 73.8 Å². The summed E-state index contributed by atoms with van der Waals surface area (Å²) in [5, 5.41) is 15.8. The number of rotatable bonds is 12. The van der Waals surface area contributed by atoms with Crippen molar-refractivity contribution in [3.8, 4) is 0 Å². The summed E-state index contributed by atoms with van der Waals surface area (Å²) in [4.78, 5) is 43.9. The van der Waals surface area contributed by atoms with Crippen molar-refractivity contribution in [3.63, 3.8) is 0 Å². The lowest BCUT2D eigenvalue weighted by molar-refractivity contribution is -0.144. The molecule has 1 saturated heterocycles. The number of anilines is 1. The number of Topliss-reactive ketones (excluding diaryl/α,β-unsaturated/α-hetero) is 1. The summed E-state index contributed by atoms with van der Waals surface area (Å²) >= 11 is 15.0. The monoisotopic (exact) mass is 761 g/mol. The number of fused-ring (bicyclic) bond motifs is 1. The van der Waals surface area contributed by atoms with E-state index in [4.69, 9.17) is 27.9 Å². The van der Waals surface area contributed by atoms with E-state index in [0.29, 0.717) is 46.3 Å². The van der Waals surface area contributed by atoms with Crippen molar-refractivity contribution in [3.05, 3.63) is 98.8 Å². The molecule has 0 spiro atoms. The van der Waals surface area contributed by atoms with Gasteiger partial charge in [0.25, 0.3) is 5.91 Å². The number of hydrogen-bond donors (Lipinski definition) is 2. The molecule has 1 unspecified atom stereocenters. The predicted octanol–water partition coefficient (Wildman–Crippen LogP) is 8.44. The predicted molar refractivity (Wildman–Crippen MR) is 208 cm³/mol. The number of ketones is 1. The van der Waals surface area contributed by atoms with Gasteiger partial charge >= 0.3 is 5.97 Å². The van der Waals surface area contributed by atoms with Gasteiger partial charge in [0.05, 0.1) is 34.9 Å². The minimum Gasteiger partial charge on any atom is -0.481 e. The smallest absolute Gasteiger partial charge is 0.306 e. The first kappa shape index (κ1) is 37.0. The number of piperazine rings is 1.